The Morgan fingerprint density at radius 3 is 3.04 bits per heavy atom. The third kappa shape index (κ3) is 3.94. The highest BCUT2D eigenvalue weighted by Gasteiger charge is 2.37. The number of hydrogen-bond acceptors (Lipinski definition) is 5. The third-order valence-corrected chi connectivity index (χ3v) is 5.85. The Labute approximate surface area is 142 Å². The van der Waals surface area contributed by atoms with E-state index < -0.39 is 0 Å². The molecule has 0 N–H and O–H groups in total. The van der Waals surface area contributed by atoms with E-state index in [4.69, 9.17) is 9.47 Å². The Morgan fingerprint density at radius 2 is 2.30 bits per heavy atom. The van der Waals surface area contributed by atoms with Crippen molar-refractivity contribution in [1.82, 2.24) is 9.80 Å². The van der Waals surface area contributed by atoms with E-state index in [1.165, 1.54) is 4.88 Å². The van der Waals surface area contributed by atoms with Gasteiger partial charge < -0.3 is 14.4 Å². The largest absolute Gasteiger partial charge is 0.383 e. The molecule has 3 rings (SSSR count). The number of rotatable bonds is 4. The number of ether oxygens (including phenoxy) is 2. The van der Waals surface area contributed by atoms with E-state index in [0.29, 0.717) is 12.0 Å². The van der Waals surface area contributed by atoms with Gasteiger partial charge in [-0.1, -0.05) is 0 Å². The number of hydrogen-bond donors (Lipinski definition) is 0. The summed E-state index contributed by atoms with van der Waals surface area (Å²) in [6, 6.07) is 4.36. The molecule has 0 radical (unpaired) electrons. The molecule has 1 aromatic rings. The van der Waals surface area contributed by atoms with Crippen LogP contribution in [0.4, 0.5) is 0 Å². The van der Waals surface area contributed by atoms with Gasteiger partial charge in [-0.2, -0.15) is 0 Å². The molecular weight excluding hydrogens is 312 g/mol. The molecule has 6 heteroatoms. The van der Waals surface area contributed by atoms with E-state index >= 15 is 0 Å². The van der Waals surface area contributed by atoms with Gasteiger partial charge in [0.2, 0.25) is 0 Å². The molecule has 0 aliphatic carbocycles. The van der Waals surface area contributed by atoms with Crippen molar-refractivity contribution in [3.05, 3.63) is 21.9 Å². The lowest BCUT2D eigenvalue weighted by Gasteiger charge is -2.42. The van der Waals surface area contributed by atoms with Crippen LogP contribution in [0.1, 0.15) is 21.0 Å². The minimum atomic E-state index is 0.179. The highest BCUT2D eigenvalue weighted by molar-refractivity contribution is 7.13. The summed E-state index contributed by atoms with van der Waals surface area (Å²) in [4.78, 5) is 19.3. The second kappa shape index (κ2) is 7.75. The molecule has 2 atom stereocenters. The van der Waals surface area contributed by atoms with Gasteiger partial charge in [-0.15, -0.1) is 11.3 Å². The first-order valence-corrected chi connectivity index (χ1v) is 9.17. The number of amides is 1. The molecule has 0 aromatic carbocycles. The van der Waals surface area contributed by atoms with E-state index in [9.17, 15) is 4.79 Å². The minimum Gasteiger partial charge on any atom is -0.383 e. The van der Waals surface area contributed by atoms with Crippen LogP contribution in [0.15, 0.2) is 12.1 Å². The fraction of sp³-hybridized carbons (Fsp3) is 0.706. The monoisotopic (exact) mass is 338 g/mol. The van der Waals surface area contributed by atoms with Gasteiger partial charge in [0.15, 0.2) is 0 Å². The first-order valence-electron chi connectivity index (χ1n) is 8.35. The first-order chi connectivity index (χ1) is 11.2. The minimum absolute atomic E-state index is 0.179. The van der Waals surface area contributed by atoms with Gasteiger partial charge in [0.05, 0.1) is 24.7 Å². The van der Waals surface area contributed by atoms with Crippen LogP contribution in [0.5, 0.6) is 0 Å². The SMILES string of the molecule is COCCN1CCOC[C@H]2CCN(C(=O)c3ccc(C)s3)C[C@H]21. The first kappa shape index (κ1) is 16.9. The Morgan fingerprint density at radius 1 is 1.43 bits per heavy atom. The van der Waals surface area contributed by atoms with Crippen molar-refractivity contribution >= 4 is 17.2 Å². The summed E-state index contributed by atoms with van der Waals surface area (Å²) in [5.41, 5.74) is 0. The van der Waals surface area contributed by atoms with Crippen LogP contribution in [0.3, 0.4) is 0 Å². The molecule has 5 nitrogen and oxygen atoms in total. The van der Waals surface area contributed by atoms with Gasteiger partial charge in [-0.25, -0.2) is 0 Å². The van der Waals surface area contributed by atoms with Crippen LogP contribution >= 0.6 is 11.3 Å². The zero-order valence-electron chi connectivity index (χ0n) is 14.0. The smallest absolute Gasteiger partial charge is 0.263 e. The molecule has 1 aromatic heterocycles. The lowest BCUT2D eigenvalue weighted by molar-refractivity contribution is 0.0331. The summed E-state index contributed by atoms with van der Waals surface area (Å²) in [6.45, 7) is 7.81. The van der Waals surface area contributed by atoms with Crippen molar-refractivity contribution in [1.29, 1.82) is 0 Å². The summed E-state index contributed by atoms with van der Waals surface area (Å²) in [7, 11) is 1.74. The average molecular weight is 338 g/mol. The molecule has 128 valence electrons. The number of fused-ring (bicyclic) bond motifs is 1. The number of methoxy groups -OCH3 is 1. The molecule has 0 bridgehead atoms. The predicted molar refractivity (Wildman–Crippen MR) is 91.1 cm³/mol. The molecule has 3 heterocycles. The summed E-state index contributed by atoms with van der Waals surface area (Å²) in [6.07, 6.45) is 1.02. The van der Waals surface area contributed by atoms with E-state index in [-0.39, 0.29) is 5.91 Å². The maximum absolute atomic E-state index is 12.8. The van der Waals surface area contributed by atoms with E-state index in [1.54, 1.807) is 18.4 Å². The topological polar surface area (TPSA) is 42.0 Å². The van der Waals surface area contributed by atoms with Gasteiger partial charge in [-0.05, 0) is 25.5 Å². The molecule has 23 heavy (non-hydrogen) atoms. The maximum atomic E-state index is 12.8. The van der Waals surface area contributed by atoms with Crippen molar-refractivity contribution in [3.8, 4) is 0 Å². The third-order valence-electron chi connectivity index (χ3n) is 4.87. The van der Waals surface area contributed by atoms with Crippen LogP contribution < -0.4 is 0 Å². The maximum Gasteiger partial charge on any atom is 0.263 e. The van der Waals surface area contributed by atoms with E-state index in [0.717, 1.165) is 57.3 Å². The highest BCUT2D eigenvalue weighted by atomic mass is 32.1. The molecule has 2 aliphatic rings. The summed E-state index contributed by atoms with van der Waals surface area (Å²) in [5, 5.41) is 0. The molecule has 0 spiro atoms. The average Bonchev–Trinajstić information content (AvgIpc) is 2.89. The van der Waals surface area contributed by atoms with Crippen LogP contribution in [-0.2, 0) is 9.47 Å². The van der Waals surface area contributed by atoms with E-state index in [2.05, 4.69) is 4.90 Å². The summed E-state index contributed by atoms with van der Waals surface area (Å²) in [5.74, 6) is 0.696. The van der Waals surface area contributed by atoms with Crippen molar-refractivity contribution in [3.63, 3.8) is 0 Å². The number of carbonyl (C=O) groups excluding carboxylic acids is 1. The van der Waals surface area contributed by atoms with Gasteiger partial charge in [0, 0.05) is 50.1 Å². The molecule has 2 saturated heterocycles. The molecule has 2 fully saturated rings. The Kier molecular flexibility index (Phi) is 5.69. The lowest BCUT2D eigenvalue weighted by atomic mass is 9.91. The predicted octanol–water partition coefficient (Wildman–Crippen LogP) is 1.87. The number of carbonyl (C=O) groups is 1. The second-order valence-electron chi connectivity index (χ2n) is 6.38. The van der Waals surface area contributed by atoms with Crippen LogP contribution in [0.25, 0.3) is 0 Å². The Hall–Kier alpha value is -0.950. The number of piperidine rings is 1. The summed E-state index contributed by atoms with van der Waals surface area (Å²) >= 11 is 1.59. The zero-order chi connectivity index (χ0) is 16.2. The van der Waals surface area contributed by atoms with Gasteiger partial charge in [0.1, 0.15) is 0 Å². The van der Waals surface area contributed by atoms with Gasteiger partial charge in [0.25, 0.3) is 5.91 Å². The van der Waals surface area contributed by atoms with Crippen molar-refractivity contribution in [2.45, 2.75) is 19.4 Å². The fourth-order valence-corrected chi connectivity index (χ4v) is 4.38. The van der Waals surface area contributed by atoms with E-state index in [1.807, 2.05) is 24.0 Å². The standard InChI is InChI=1S/C17H26N2O3S/c1-13-3-4-16(23-13)17(20)19-6-5-14-12-22-10-8-18(7-9-21-2)15(14)11-19/h3-4,14-15H,5-12H2,1-2H3/t14-,15-/m1/s1. The highest BCUT2D eigenvalue weighted by Crippen LogP contribution is 2.27. The van der Waals surface area contributed by atoms with Crippen LogP contribution in [0, 0.1) is 12.8 Å². The van der Waals surface area contributed by atoms with Gasteiger partial charge >= 0.3 is 0 Å². The molecule has 0 saturated carbocycles. The van der Waals surface area contributed by atoms with Gasteiger partial charge in [-0.3, -0.25) is 9.69 Å². The number of nitrogens with zero attached hydrogens (tertiary/aromatic N) is 2. The summed E-state index contributed by atoms with van der Waals surface area (Å²) < 4.78 is 11.0. The molecular formula is C17H26N2O3S. The van der Waals surface area contributed by atoms with Crippen molar-refractivity contribution in [2.24, 2.45) is 5.92 Å². The second-order valence-corrected chi connectivity index (χ2v) is 7.67. The normalized spacial score (nSPS) is 25.9. The van der Waals surface area contributed by atoms with Crippen LogP contribution in [0.2, 0.25) is 0 Å². The lowest BCUT2D eigenvalue weighted by Crippen LogP contribution is -2.55. The van der Waals surface area contributed by atoms with Crippen molar-refractivity contribution in [2.75, 3.05) is 53.1 Å². The zero-order valence-corrected chi connectivity index (χ0v) is 14.8. The number of thiophene rings is 1. The number of likely N-dealkylation sites (tertiary alicyclic amines) is 1. The molecule has 0 unspecified atom stereocenters. The number of aryl methyl sites for hydroxylation is 1. The van der Waals surface area contributed by atoms with Crippen LogP contribution in [-0.4, -0.2) is 74.9 Å². The fourth-order valence-electron chi connectivity index (χ4n) is 3.55. The van der Waals surface area contributed by atoms with Crippen molar-refractivity contribution < 1.29 is 14.3 Å². The quantitative estimate of drug-likeness (QED) is 0.840. The Bertz CT molecular complexity index is 534. The molecule has 2 aliphatic heterocycles. The Balaban J connectivity index is 1.70. The molecule has 1 amide bonds.